The van der Waals surface area contributed by atoms with Crippen LogP contribution in [0.5, 0.6) is 0 Å². The fourth-order valence-corrected chi connectivity index (χ4v) is 4.83. The molecule has 1 aliphatic carbocycles. The minimum atomic E-state index is 0.0420. The van der Waals surface area contributed by atoms with Gasteiger partial charge in [0.1, 0.15) is 0 Å². The van der Waals surface area contributed by atoms with Gasteiger partial charge in [-0.2, -0.15) is 0 Å². The van der Waals surface area contributed by atoms with E-state index in [1.165, 1.54) is 44.9 Å². The Morgan fingerprint density at radius 3 is 2.85 bits per heavy atom. The number of nitrogens with two attached hydrogens (primary N) is 1. The Kier molecular flexibility index (Phi) is 4.68. The molecule has 5 unspecified atom stereocenters. The molecule has 3 aliphatic rings. The lowest BCUT2D eigenvalue weighted by Crippen LogP contribution is -2.47. The van der Waals surface area contributed by atoms with E-state index in [4.69, 9.17) is 15.2 Å². The highest BCUT2D eigenvalue weighted by Gasteiger charge is 2.44. The summed E-state index contributed by atoms with van der Waals surface area (Å²) in [7, 11) is 0. The van der Waals surface area contributed by atoms with Crippen molar-refractivity contribution in [2.45, 2.75) is 69.9 Å². The Bertz CT molecular complexity index is 314. The topological polar surface area (TPSA) is 44.5 Å². The van der Waals surface area contributed by atoms with Crippen molar-refractivity contribution in [1.29, 1.82) is 0 Å². The molecule has 3 nitrogen and oxygen atoms in total. The van der Waals surface area contributed by atoms with Gasteiger partial charge in [0.2, 0.25) is 0 Å². The lowest BCUT2D eigenvalue weighted by Gasteiger charge is -2.45. The summed E-state index contributed by atoms with van der Waals surface area (Å²) in [6.07, 6.45) is 10.1. The van der Waals surface area contributed by atoms with Crippen molar-refractivity contribution in [3.63, 3.8) is 0 Å². The first-order valence-corrected chi connectivity index (χ1v) is 8.70. The standard InChI is InChI=1S/C17H31NO2/c1-2-3-13-4-5-16(18)15(10-13)14-6-8-20-17(11-14)7-9-19-12-17/h13-16H,2-12,18H2,1H3. The molecule has 5 atom stereocenters. The summed E-state index contributed by atoms with van der Waals surface area (Å²) in [5.41, 5.74) is 6.53. The molecule has 2 aliphatic heterocycles. The second kappa shape index (κ2) is 6.33. The van der Waals surface area contributed by atoms with Gasteiger partial charge in [-0.1, -0.05) is 19.8 Å². The van der Waals surface area contributed by atoms with Gasteiger partial charge in [0.25, 0.3) is 0 Å². The summed E-state index contributed by atoms with van der Waals surface area (Å²) in [4.78, 5) is 0. The smallest absolute Gasteiger partial charge is 0.0939 e. The summed E-state index contributed by atoms with van der Waals surface area (Å²) < 4.78 is 11.7. The molecule has 0 amide bonds. The average molecular weight is 281 g/mol. The highest BCUT2D eigenvalue weighted by molar-refractivity contribution is 4.95. The van der Waals surface area contributed by atoms with Crippen LogP contribution in [-0.4, -0.2) is 31.5 Å². The van der Waals surface area contributed by atoms with Gasteiger partial charge in [0, 0.05) is 25.7 Å². The molecule has 3 heteroatoms. The van der Waals surface area contributed by atoms with Crippen molar-refractivity contribution in [2.24, 2.45) is 23.5 Å². The van der Waals surface area contributed by atoms with E-state index in [1.807, 2.05) is 0 Å². The zero-order chi connectivity index (χ0) is 14.0. The molecule has 0 radical (unpaired) electrons. The van der Waals surface area contributed by atoms with Crippen molar-refractivity contribution >= 4 is 0 Å². The molecular weight excluding hydrogens is 250 g/mol. The molecule has 20 heavy (non-hydrogen) atoms. The second-order valence-electron chi connectivity index (χ2n) is 7.38. The third-order valence-electron chi connectivity index (χ3n) is 5.96. The quantitative estimate of drug-likeness (QED) is 0.864. The van der Waals surface area contributed by atoms with Crippen molar-refractivity contribution < 1.29 is 9.47 Å². The predicted molar refractivity (Wildman–Crippen MR) is 80.6 cm³/mol. The zero-order valence-corrected chi connectivity index (χ0v) is 13.0. The van der Waals surface area contributed by atoms with Crippen LogP contribution in [0.4, 0.5) is 0 Å². The molecule has 0 bridgehead atoms. The first-order valence-electron chi connectivity index (χ1n) is 8.70. The maximum absolute atomic E-state index is 6.48. The van der Waals surface area contributed by atoms with E-state index < -0.39 is 0 Å². The van der Waals surface area contributed by atoms with Crippen molar-refractivity contribution in [2.75, 3.05) is 19.8 Å². The minimum Gasteiger partial charge on any atom is -0.378 e. The SMILES string of the molecule is CCCC1CCC(N)C(C2CCOC3(CCOC3)C2)C1. The summed E-state index contributed by atoms with van der Waals surface area (Å²) in [5, 5.41) is 0. The first-order chi connectivity index (χ1) is 9.72. The predicted octanol–water partition coefficient (Wildman–Crippen LogP) is 3.12. The Morgan fingerprint density at radius 2 is 2.10 bits per heavy atom. The van der Waals surface area contributed by atoms with Gasteiger partial charge in [-0.3, -0.25) is 0 Å². The van der Waals surface area contributed by atoms with Gasteiger partial charge in [0.05, 0.1) is 12.2 Å². The normalized spacial score (nSPS) is 45.9. The van der Waals surface area contributed by atoms with Crippen molar-refractivity contribution in [3.8, 4) is 0 Å². The Labute approximate surface area is 123 Å². The molecule has 2 heterocycles. The first kappa shape index (κ1) is 14.8. The van der Waals surface area contributed by atoms with Crippen LogP contribution in [-0.2, 0) is 9.47 Å². The maximum Gasteiger partial charge on any atom is 0.0939 e. The zero-order valence-electron chi connectivity index (χ0n) is 13.0. The Balaban J connectivity index is 1.64. The molecule has 1 spiro atoms. The van der Waals surface area contributed by atoms with Crippen LogP contribution in [0.25, 0.3) is 0 Å². The van der Waals surface area contributed by atoms with Crippen molar-refractivity contribution in [1.82, 2.24) is 0 Å². The lowest BCUT2D eigenvalue weighted by molar-refractivity contribution is -0.111. The van der Waals surface area contributed by atoms with E-state index in [1.54, 1.807) is 0 Å². The van der Waals surface area contributed by atoms with E-state index in [9.17, 15) is 0 Å². The largest absolute Gasteiger partial charge is 0.378 e. The summed E-state index contributed by atoms with van der Waals surface area (Å²) in [5.74, 6) is 2.41. The number of ether oxygens (including phenoxy) is 2. The van der Waals surface area contributed by atoms with Gasteiger partial charge < -0.3 is 15.2 Å². The number of rotatable bonds is 3. The van der Waals surface area contributed by atoms with Crippen molar-refractivity contribution in [3.05, 3.63) is 0 Å². The van der Waals surface area contributed by atoms with Crippen LogP contribution < -0.4 is 5.73 Å². The second-order valence-corrected chi connectivity index (χ2v) is 7.38. The molecular formula is C17H31NO2. The minimum absolute atomic E-state index is 0.0420. The van der Waals surface area contributed by atoms with E-state index in [0.717, 1.165) is 44.0 Å². The monoisotopic (exact) mass is 281 g/mol. The molecule has 0 aromatic heterocycles. The van der Waals surface area contributed by atoms with E-state index >= 15 is 0 Å². The van der Waals surface area contributed by atoms with Gasteiger partial charge in [-0.15, -0.1) is 0 Å². The maximum atomic E-state index is 6.48. The van der Waals surface area contributed by atoms with Gasteiger partial charge in [-0.05, 0) is 49.9 Å². The van der Waals surface area contributed by atoms with E-state index in [2.05, 4.69) is 6.92 Å². The highest BCUT2D eigenvalue weighted by Crippen LogP contribution is 2.44. The molecule has 0 aromatic rings. The highest BCUT2D eigenvalue weighted by atomic mass is 16.6. The van der Waals surface area contributed by atoms with Crippen LogP contribution in [0.2, 0.25) is 0 Å². The van der Waals surface area contributed by atoms with Crippen LogP contribution in [0, 0.1) is 17.8 Å². The fourth-order valence-electron chi connectivity index (χ4n) is 4.83. The van der Waals surface area contributed by atoms with Gasteiger partial charge in [-0.25, -0.2) is 0 Å². The van der Waals surface area contributed by atoms with E-state index in [-0.39, 0.29) is 5.60 Å². The molecule has 116 valence electrons. The molecule has 0 aromatic carbocycles. The average Bonchev–Trinajstić information content (AvgIpc) is 2.89. The van der Waals surface area contributed by atoms with Crippen LogP contribution in [0.3, 0.4) is 0 Å². The van der Waals surface area contributed by atoms with Gasteiger partial charge in [0.15, 0.2) is 0 Å². The fraction of sp³-hybridized carbons (Fsp3) is 1.00. The Hall–Kier alpha value is -0.120. The summed E-state index contributed by atoms with van der Waals surface area (Å²) in [6, 6.07) is 0.422. The van der Waals surface area contributed by atoms with Crippen LogP contribution in [0.15, 0.2) is 0 Å². The molecule has 3 fully saturated rings. The van der Waals surface area contributed by atoms with E-state index in [0.29, 0.717) is 6.04 Å². The molecule has 2 N–H and O–H groups in total. The van der Waals surface area contributed by atoms with Crippen LogP contribution >= 0.6 is 0 Å². The molecule has 2 saturated heterocycles. The van der Waals surface area contributed by atoms with Gasteiger partial charge >= 0.3 is 0 Å². The van der Waals surface area contributed by atoms with Crippen LogP contribution in [0.1, 0.15) is 58.3 Å². The number of hydrogen-bond acceptors (Lipinski definition) is 3. The summed E-state index contributed by atoms with van der Waals surface area (Å²) >= 11 is 0. The number of hydrogen-bond donors (Lipinski definition) is 1. The Morgan fingerprint density at radius 1 is 1.20 bits per heavy atom. The third-order valence-corrected chi connectivity index (χ3v) is 5.96. The third kappa shape index (κ3) is 3.05. The lowest BCUT2D eigenvalue weighted by atomic mass is 9.67. The molecule has 3 rings (SSSR count). The summed E-state index contributed by atoms with van der Waals surface area (Å²) in [6.45, 7) is 4.91. The molecule has 1 saturated carbocycles.